The second kappa shape index (κ2) is 5.36. The zero-order valence-electron chi connectivity index (χ0n) is 13.1. The van der Waals surface area contributed by atoms with Crippen LogP contribution in [0.1, 0.15) is 13.3 Å². The molecule has 0 aromatic rings. The highest BCUT2D eigenvalue weighted by Crippen LogP contribution is 2.61. The predicted octanol–water partition coefficient (Wildman–Crippen LogP) is -2.42. The van der Waals surface area contributed by atoms with Crippen LogP contribution in [0.25, 0.3) is 0 Å². The summed E-state index contributed by atoms with van der Waals surface area (Å²) < 4.78 is 22.1. The van der Waals surface area contributed by atoms with Gasteiger partial charge in [0.15, 0.2) is 6.29 Å². The van der Waals surface area contributed by atoms with Crippen LogP contribution in [0.2, 0.25) is 0 Å². The molecular weight excluding hydrogens is 324 g/mol. The number of hydrogen-bond acceptors (Lipinski definition) is 9. The fourth-order valence-corrected chi connectivity index (χ4v) is 4.12. The Morgan fingerprint density at radius 3 is 2.62 bits per heavy atom. The Kier molecular flexibility index (Phi) is 3.72. The fraction of sp³-hybridized carbons (Fsp3) is 0.867. The lowest BCUT2D eigenvalue weighted by Crippen LogP contribution is -2.61. The number of ether oxygens (including phenoxy) is 4. The lowest BCUT2D eigenvalue weighted by atomic mass is 9.83. The standard InChI is InChI=1S/C15H22O9/c1-14-7(24-14)4-15(20)2-3-21-13(11(14)15)23-12-10(19)9(18)8(17)6(5-16)22-12/h2-3,6-13,16-20H,4-5H2,1H3/t6-,7-,8-,9+,10-,11+,12+,13-,14-,15+/m0/s1. The number of fused-ring (bicyclic) bond motifs is 3. The Bertz CT molecular complexity index is 539. The van der Waals surface area contributed by atoms with Gasteiger partial charge in [-0.15, -0.1) is 0 Å². The quantitative estimate of drug-likeness (QED) is 0.353. The van der Waals surface area contributed by atoms with Gasteiger partial charge >= 0.3 is 0 Å². The van der Waals surface area contributed by atoms with E-state index in [1.807, 2.05) is 6.92 Å². The minimum Gasteiger partial charge on any atom is -0.472 e. The van der Waals surface area contributed by atoms with Crippen molar-refractivity contribution in [1.82, 2.24) is 0 Å². The molecule has 0 bridgehead atoms. The molecule has 9 heteroatoms. The summed E-state index contributed by atoms with van der Waals surface area (Å²) in [5.41, 5.74) is -1.74. The van der Waals surface area contributed by atoms with Crippen molar-refractivity contribution < 1.29 is 44.5 Å². The maximum absolute atomic E-state index is 10.8. The highest BCUT2D eigenvalue weighted by atomic mass is 16.8. The normalized spacial score (nSPS) is 58.8. The molecule has 0 radical (unpaired) electrons. The average Bonchev–Trinajstić information content (AvgIpc) is 3.10. The van der Waals surface area contributed by atoms with E-state index >= 15 is 0 Å². The minimum absolute atomic E-state index is 0.0975. The molecule has 4 aliphatic rings. The van der Waals surface area contributed by atoms with E-state index in [0.717, 1.165) is 0 Å². The number of hydrogen-bond donors (Lipinski definition) is 5. The third kappa shape index (κ3) is 2.24. The van der Waals surface area contributed by atoms with Gasteiger partial charge in [0.2, 0.25) is 6.29 Å². The summed E-state index contributed by atoms with van der Waals surface area (Å²) >= 11 is 0. The van der Waals surface area contributed by atoms with E-state index < -0.39 is 60.7 Å². The summed E-state index contributed by atoms with van der Waals surface area (Å²) in [4.78, 5) is 0. The molecule has 0 amide bonds. The van der Waals surface area contributed by atoms with Gasteiger partial charge in [-0.1, -0.05) is 0 Å². The monoisotopic (exact) mass is 346 g/mol. The molecule has 10 atom stereocenters. The second-order valence-electron chi connectivity index (χ2n) is 7.10. The van der Waals surface area contributed by atoms with Crippen LogP contribution in [0.3, 0.4) is 0 Å². The van der Waals surface area contributed by atoms with Crippen molar-refractivity contribution in [2.24, 2.45) is 5.92 Å². The van der Waals surface area contributed by atoms with Crippen molar-refractivity contribution >= 4 is 0 Å². The molecule has 0 aromatic carbocycles. The van der Waals surface area contributed by atoms with E-state index in [0.29, 0.717) is 6.42 Å². The molecule has 0 aromatic heterocycles. The van der Waals surface area contributed by atoms with Crippen LogP contribution < -0.4 is 0 Å². The topological polar surface area (TPSA) is 141 Å². The van der Waals surface area contributed by atoms with E-state index in [4.69, 9.17) is 18.9 Å². The van der Waals surface area contributed by atoms with Crippen molar-refractivity contribution in [3.63, 3.8) is 0 Å². The van der Waals surface area contributed by atoms with Gasteiger partial charge < -0.3 is 44.5 Å². The molecule has 136 valence electrons. The van der Waals surface area contributed by atoms with Crippen LogP contribution in [-0.4, -0.2) is 86.4 Å². The predicted molar refractivity (Wildman–Crippen MR) is 75.2 cm³/mol. The first-order chi connectivity index (χ1) is 11.3. The second-order valence-corrected chi connectivity index (χ2v) is 7.10. The Balaban J connectivity index is 1.53. The van der Waals surface area contributed by atoms with E-state index in [9.17, 15) is 25.5 Å². The third-order valence-electron chi connectivity index (χ3n) is 5.60. The smallest absolute Gasteiger partial charge is 0.210 e. The number of aliphatic hydroxyl groups is 5. The number of epoxide rings is 1. The van der Waals surface area contributed by atoms with Crippen LogP contribution in [0.15, 0.2) is 12.3 Å². The molecule has 4 rings (SSSR count). The highest BCUT2D eigenvalue weighted by Gasteiger charge is 2.74. The summed E-state index contributed by atoms with van der Waals surface area (Å²) in [5.74, 6) is -0.535. The Morgan fingerprint density at radius 1 is 1.17 bits per heavy atom. The van der Waals surface area contributed by atoms with E-state index in [1.165, 1.54) is 6.26 Å². The molecule has 3 aliphatic heterocycles. The molecule has 24 heavy (non-hydrogen) atoms. The van der Waals surface area contributed by atoms with Crippen molar-refractivity contribution in [1.29, 1.82) is 0 Å². The molecular formula is C15H22O9. The molecule has 0 unspecified atom stereocenters. The molecule has 0 spiro atoms. The first-order valence-corrected chi connectivity index (χ1v) is 7.99. The van der Waals surface area contributed by atoms with E-state index in [2.05, 4.69) is 0 Å². The van der Waals surface area contributed by atoms with Gasteiger partial charge in [-0.2, -0.15) is 0 Å². The van der Waals surface area contributed by atoms with Gasteiger partial charge in [-0.05, 0) is 13.0 Å². The molecule has 1 aliphatic carbocycles. The van der Waals surface area contributed by atoms with Crippen LogP contribution in [-0.2, 0) is 18.9 Å². The van der Waals surface area contributed by atoms with Gasteiger partial charge in [-0.3, -0.25) is 0 Å². The molecule has 2 saturated heterocycles. The number of aliphatic hydroxyl groups excluding tert-OH is 4. The first-order valence-electron chi connectivity index (χ1n) is 7.99. The highest BCUT2D eigenvalue weighted by molar-refractivity contribution is 5.26. The zero-order chi connectivity index (χ0) is 17.3. The lowest BCUT2D eigenvalue weighted by Gasteiger charge is -2.44. The minimum atomic E-state index is -1.54. The average molecular weight is 346 g/mol. The molecule has 9 nitrogen and oxygen atoms in total. The Hall–Kier alpha value is -0.780. The van der Waals surface area contributed by atoms with Crippen molar-refractivity contribution in [3.05, 3.63) is 12.3 Å². The number of rotatable bonds is 3. The SMILES string of the molecule is C[C@]12O[C@H]1C[C@]1(O)C=CO[C@@H](O[C@H]3O[C@@H](CO)[C@H](O)[C@@H](O)[C@@H]3O)[C@H]21. The van der Waals surface area contributed by atoms with Crippen LogP contribution in [0.5, 0.6) is 0 Å². The molecule has 3 fully saturated rings. The maximum atomic E-state index is 10.8. The van der Waals surface area contributed by atoms with Gasteiger partial charge in [0, 0.05) is 6.42 Å². The molecule has 3 heterocycles. The summed E-state index contributed by atoms with van der Waals surface area (Å²) in [6.07, 6.45) is -4.70. The third-order valence-corrected chi connectivity index (χ3v) is 5.60. The lowest BCUT2D eigenvalue weighted by molar-refractivity contribution is -0.348. The largest absolute Gasteiger partial charge is 0.472 e. The maximum Gasteiger partial charge on any atom is 0.210 e. The summed E-state index contributed by atoms with van der Waals surface area (Å²) in [6, 6.07) is 0. The van der Waals surface area contributed by atoms with Crippen LogP contribution in [0.4, 0.5) is 0 Å². The fourth-order valence-electron chi connectivity index (χ4n) is 4.12. The summed E-state index contributed by atoms with van der Waals surface area (Å²) in [6.45, 7) is 1.30. The van der Waals surface area contributed by atoms with Gasteiger partial charge in [0.25, 0.3) is 0 Å². The Morgan fingerprint density at radius 2 is 1.92 bits per heavy atom. The molecule has 1 saturated carbocycles. The summed E-state index contributed by atoms with van der Waals surface area (Å²) in [7, 11) is 0. The van der Waals surface area contributed by atoms with Gasteiger partial charge in [0.1, 0.15) is 35.6 Å². The summed E-state index contributed by atoms with van der Waals surface area (Å²) in [5, 5.41) is 49.8. The van der Waals surface area contributed by atoms with E-state index in [1.54, 1.807) is 6.08 Å². The van der Waals surface area contributed by atoms with Crippen molar-refractivity contribution in [2.45, 2.75) is 67.6 Å². The van der Waals surface area contributed by atoms with E-state index in [-0.39, 0.29) is 6.10 Å². The molecule has 5 N–H and O–H groups in total. The first kappa shape index (κ1) is 16.7. The van der Waals surface area contributed by atoms with Crippen molar-refractivity contribution in [3.8, 4) is 0 Å². The van der Waals surface area contributed by atoms with Gasteiger partial charge in [-0.25, -0.2) is 0 Å². The van der Waals surface area contributed by atoms with Gasteiger partial charge in [0.05, 0.1) is 24.9 Å². The van der Waals surface area contributed by atoms with Crippen LogP contribution >= 0.6 is 0 Å². The Labute approximate surface area is 138 Å². The van der Waals surface area contributed by atoms with Crippen molar-refractivity contribution in [2.75, 3.05) is 6.61 Å². The van der Waals surface area contributed by atoms with Crippen LogP contribution in [0, 0.1) is 5.92 Å². The zero-order valence-corrected chi connectivity index (χ0v) is 13.1.